The normalized spacial score (nSPS) is 12.4. The lowest BCUT2D eigenvalue weighted by Crippen LogP contribution is -2.29. The van der Waals surface area contributed by atoms with Gasteiger partial charge in [0.2, 0.25) is 0 Å². The van der Waals surface area contributed by atoms with Gasteiger partial charge in [-0.15, -0.1) is 0 Å². The Morgan fingerprint density at radius 2 is 1.89 bits per heavy atom. The fourth-order valence-electron chi connectivity index (χ4n) is 1.79. The number of nitrogens with one attached hydrogen (secondary N) is 1. The zero-order valence-corrected chi connectivity index (χ0v) is 11.7. The lowest BCUT2D eigenvalue weighted by Gasteiger charge is -2.19. The maximum Gasteiger partial charge on any atom is 0.124 e. The lowest BCUT2D eigenvalue weighted by molar-refractivity contribution is 0.613. The predicted octanol–water partition coefficient (Wildman–Crippen LogP) is 3.79. The Morgan fingerprint density at radius 1 is 1.17 bits per heavy atom. The molecule has 0 fully saturated rings. The van der Waals surface area contributed by atoms with Crippen LogP contribution in [0.4, 0.5) is 4.39 Å². The van der Waals surface area contributed by atoms with E-state index in [9.17, 15) is 4.39 Å². The first-order valence-corrected chi connectivity index (χ1v) is 6.46. The molecule has 0 saturated heterocycles. The van der Waals surface area contributed by atoms with Gasteiger partial charge in [-0.25, -0.2) is 9.82 Å². The summed E-state index contributed by atoms with van der Waals surface area (Å²) >= 11 is 9.48. The van der Waals surface area contributed by atoms with E-state index < -0.39 is 0 Å². The standard InChI is InChI=1S/C13H11BrClFN2/c14-11-7-8(16)5-6-9(11)13(18-17)10-3-1-2-4-12(10)15/h1-7,13,18H,17H2. The molecule has 0 heterocycles. The van der Waals surface area contributed by atoms with Gasteiger partial charge in [0.05, 0.1) is 6.04 Å². The summed E-state index contributed by atoms with van der Waals surface area (Å²) in [5.74, 6) is 5.28. The van der Waals surface area contributed by atoms with Crippen molar-refractivity contribution < 1.29 is 4.39 Å². The molecular formula is C13H11BrClFN2. The third kappa shape index (κ3) is 2.72. The molecule has 0 saturated carbocycles. The molecule has 0 aliphatic heterocycles. The van der Waals surface area contributed by atoms with Crippen LogP contribution >= 0.6 is 27.5 Å². The third-order valence-corrected chi connectivity index (χ3v) is 3.69. The van der Waals surface area contributed by atoms with Gasteiger partial charge < -0.3 is 0 Å². The van der Waals surface area contributed by atoms with Crippen LogP contribution in [0, 0.1) is 5.82 Å². The van der Waals surface area contributed by atoms with Gasteiger partial charge in [0.1, 0.15) is 5.82 Å². The number of nitrogens with two attached hydrogens (primary N) is 1. The van der Waals surface area contributed by atoms with Gasteiger partial charge in [-0.3, -0.25) is 5.84 Å². The number of halogens is 3. The second-order valence-electron chi connectivity index (χ2n) is 3.79. The van der Waals surface area contributed by atoms with Crippen molar-refractivity contribution in [2.45, 2.75) is 6.04 Å². The Labute approximate surface area is 118 Å². The highest BCUT2D eigenvalue weighted by molar-refractivity contribution is 9.10. The predicted molar refractivity (Wildman–Crippen MR) is 74.7 cm³/mol. The van der Waals surface area contributed by atoms with Gasteiger partial charge in [-0.1, -0.05) is 51.8 Å². The molecule has 18 heavy (non-hydrogen) atoms. The summed E-state index contributed by atoms with van der Waals surface area (Å²) in [6, 6.07) is 11.6. The number of hydrazine groups is 1. The molecule has 0 aliphatic rings. The molecular weight excluding hydrogens is 319 g/mol. The lowest BCUT2D eigenvalue weighted by atomic mass is 9.99. The molecule has 2 rings (SSSR count). The molecule has 1 unspecified atom stereocenters. The van der Waals surface area contributed by atoms with Crippen molar-refractivity contribution >= 4 is 27.5 Å². The molecule has 5 heteroatoms. The van der Waals surface area contributed by atoms with E-state index >= 15 is 0 Å². The molecule has 0 amide bonds. The molecule has 2 aromatic carbocycles. The van der Waals surface area contributed by atoms with Crippen LogP contribution in [-0.4, -0.2) is 0 Å². The van der Waals surface area contributed by atoms with Crippen LogP contribution in [-0.2, 0) is 0 Å². The van der Waals surface area contributed by atoms with Gasteiger partial charge in [0.15, 0.2) is 0 Å². The molecule has 1 atom stereocenters. The van der Waals surface area contributed by atoms with Crippen molar-refractivity contribution in [3.05, 3.63) is 68.9 Å². The second kappa shape index (κ2) is 5.80. The van der Waals surface area contributed by atoms with Gasteiger partial charge in [-0.05, 0) is 29.3 Å². The maximum atomic E-state index is 13.1. The fraction of sp³-hybridized carbons (Fsp3) is 0.0769. The second-order valence-corrected chi connectivity index (χ2v) is 5.05. The van der Waals surface area contributed by atoms with Crippen LogP contribution in [0.3, 0.4) is 0 Å². The van der Waals surface area contributed by atoms with Crippen LogP contribution in [0.5, 0.6) is 0 Å². The molecule has 0 radical (unpaired) electrons. The number of benzene rings is 2. The van der Waals surface area contributed by atoms with E-state index in [1.54, 1.807) is 12.1 Å². The van der Waals surface area contributed by atoms with Crippen molar-refractivity contribution in [1.82, 2.24) is 5.43 Å². The zero-order chi connectivity index (χ0) is 13.1. The number of hydrogen-bond donors (Lipinski definition) is 2. The van der Waals surface area contributed by atoms with E-state index in [1.165, 1.54) is 12.1 Å². The van der Waals surface area contributed by atoms with Gasteiger partial charge in [-0.2, -0.15) is 0 Å². The van der Waals surface area contributed by atoms with Crippen LogP contribution in [0.15, 0.2) is 46.9 Å². The zero-order valence-electron chi connectivity index (χ0n) is 9.33. The summed E-state index contributed by atoms with van der Waals surface area (Å²) in [5.41, 5.74) is 4.37. The van der Waals surface area contributed by atoms with Crippen molar-refractivity contribution in [2.75, 3.05) is 0 Å². The molecule has 3 N–H and O–H groups in total. The minimum Gasteiger partial charge on any atom is -0.271 e. The van der Waals surface area contributed by atoms with E-state index in [1.807, 2.05) is 18.2 Å². The van der Waals surface area contributed by atoms with Crippen molar-refractivity contribution in [3.8, 4) is 0 Å². The average molecular weight is 330 g/mol. The maximum absolute atomic E-state index is 13.1. The van der Waals surface area contributed by atoms with E-state index in [0.717, 1.165) is 11.1 Å². The Morgan fingerprint density at radius 3 is 2.50 bits per heavy atom. The summed E-state index contributed by atoms with van der Waals surface area (Å²) in [5, 5.41) is 0.608. The van der Waals surface area contributed by atoms with Gasteiger partial charge in [0, 0.05) is 9.50 Å². The highest BCUT2D eigenvalue weighted by Crippen LogP contribution is 2.32. The molecule has 0 aromatic heterocycles. The Kier molecular flexibility index (Phi) is 4.35. The van der Waals surface area contributed by atoms with E-state index in [2.05, 4.69) is 21.4 Å². The van der Waals surface area contributed by atoms with E-state index in [4.69, 9.17) is 17.4 Å². The van der Waals surface area contributed by atoms with Crippen LogP contribution in [0.1, 0.15) is 17.2 Å². The Balaban J connectivity index is 2.49. The summed E-state index contributed by atoms with van der Waals surface area (Å²) < 4.78 is 13.7. The molecule has 0 bridgehead atoms. The molecule has 94 valence electrons. The highest BCUT2D eigenvalue weighted by atomic mass is 79.9. The largest absolute Gasteiger partial charge is 0.271 e. The molecule has 2 nitrogen and oxygen atoms in total. The summed E-state index contributed by atoms with van der Waals surface area (Å²) in [7, 11) is 0. The van der Waals surface area contributed by atoms with E-state index in [-0.39, 0.29) is 11.9 Å². The van der Waals surface area contributed by atoms with Crippen LogP contribution in [0.2, 0.25) is 5.02 Å². The quantitative estimate of drug-likeness (QED) is 0.664. The topological polar surface area (TPSA) is 38.0 Å². The first kappa shape index (κ1) is 13.5. The minimum absolute atomic E-state index is 0.298. The number of hydrogen-bond acceptors (Lipinski definition) is 2. The monoisotopic (exact) mass is 328 g/mol. The van der Waals surface area contributed by atoms with Gasteiger partial charge >= 0.3 is 0 Å². The summed E-state index contributed by atoms with van der Waals surface area (Å²) in [4.78, 5) is 0. The summed E-state index contributed by atoms with van der Waals surface area (Å²) in [6.07, 6.45) is 0. The average Bonchev–Trinajstić information content (AvgIpc) is 2.34. The minimum atomic E-state index is -0.305. The molecule has 0 spiro atoms. The third-order valence-electron chi connectivity index (χ3n) is 2.66. The Bertz CT molecular complexity index is 562. The van der Waals surface area contributed by atoms with Crippen LogP contribution < -0.4 is 11.3 Å². The van der Waals surface area contributed by atoms with Gasteiger partial charge in [0.25, 0.3) is 0 Å². The molecule has 0 aliphatic carbocycles. The van der Waals surface area contributed by atoms with E-state index in [0.29, 0.717) is 9.50 Å². The number of rotatable bonds is 3. The van der Waals surface area contributed by atoms with Crippen molar-refractivity contribution in [3.63, 3.8) is 0 Å². The molecule has 2 aromatic rings. The first-order chi connectivity index (χ1) is 8.63. The fourth-order valence-corrected chi connectivity index (χ4v) is 2.62. The smallest absolute Gasteiger partial charge is 0.124 e. The van der Waals surface area contributed by atoms with Crippen molar-refractivity contribution in [1.29, 1.82) is 0 Å². The Hall–Kier alpha value is -0.940. The first-order valence-electron chi connectivity index (χ1n) is 5.29. The van der Waals surface area contributed by atoms with Crippen molar-refractivity contribution in [2.24, 2.45) is 5.84 Å². The van der Waals surface area contributed by atoms with Crippen LogP contribution in [0.25, 0.3) is 0 Å². The highest BCUT2D eigenvalue weighted by Gasteiger charge is 2.17. The summed E-state index contributed by atoms with van der Waals surface area (Å²) in [6.45, 7) is 0. The SMILES string of the molecule is NNC(c1ccccc1Cl)c1ccc(F)cc1Br.